The summed E-state index contributed by atoms with van der Waals surface area (Å²) in [5.74, 6) is -2.57. The van der Waals surface area contributed by atoms with E-state index in [0.29, 0.717) is 38.8 Å². The summed E-state index contributed by atoms with van der Waals surface area (Å²) in [5.41, 5.74) is 0.616. The number of nitrogens with zero attached hydrogens (tertiary/aromatic N) is 3. The van der Waals surface area contributed by atoms with Gasteiger partial charge in [-0.25, -0.2) is 14.3 Å². The molecule has 15 nitrogen and oxygen atoms in total. The monoisotopic (exact) mass is 742 g/mol. The van der Waals surface area contributed by atoms with Gasteiger partial charge in [-0.15, -0.1) is 0 Å². The molecular formula is C36H50N6O9S. The van der Waals surface area contributed by atoms with Crippen molar-refractivity contribution in [3.05, 3.63) is 47.5 Å². The average Bonchev–Trinajstić information content (AvgIpc) is 3.38. The van der Waals surface area contributed by atoms with Gasteiger partial charge in [-0.05, 0) is 68.9 Å². The van der Waals surface area contributed by atoms with E-state index in [2.05, 4.69) is 15.4 Å². The molecule has 0 spiro atoms. The molecule has 2 saturated carbocycles. The van der Waals surface area contributed by atoms with Crippen molar-refractivity contribution in [3.63, 3.8) is 0 Å². The van der Waals surface area contributed by atoms with E-state index >= 15 is 0 Å². The second kappa shape index (κ2) is 15.8. The van der Waals surface area contributed by atoms with Crippen LogP contribution >= 0.6 is 0 Å². The molecular weight excluding hydrogens is 692 g/mol. The number of hydrogen-bond donors (Lipinski definition) is 3. The molecule has 3 aliphatic heterocycles. The van der Waals surface area contributed by atoms with Gasteiger partial charge in [0, 0.05) is 39.5 Å². The molecule has 16 heteroatoms. The van der Waals surface area contributed by atoms with Gasteiger partial charge < -0.3 is 29.9 Å². The van der Waals surface area contributed by atoms with Crippen molar-refractivity contribution in [2.45, 2.75) is 113 Å². The fourth-order valence-corrected chi connectivity index (χ4v) is 8.27. The standard InChI is InChI=1S/C36H50N6O9S/c1-40(2)52(48,49)39-33(45)36-21-26(36)14-6-4-3-5-7-17-29(37-34(46)50-27-15-10-11-16-27)32(44)42-23-28(20-30(42)31(43)38-36)51-35(47)41-19-18-24-12-8-9-13-25(24)22-41/h6,8-9,12-14,26-30H,3-5,7,10-11,15-23H2,1-2H3,(H,37,46)(H,38,43)(H,39,45)/t26-,28-,29+,30+,36-/m1/s1. The van der Waals surface area contributed by atoms with E-state index in [-0.39, 0.29) is 25.5 Å². The number of allylic oxidation sites excluding steroid dienone is 1. The summed E-state index contributed by atoms with van der Waals surface area (Å²) in [7, 11) is -1.60. The highest BCUT2D eigenvalue weighted by Crippen LogP contribution is 2.45. The van der Waals surface area contributed by atoms with Gasteiger partial charge in [-0.2, -0.15) is 12.7 Å². The molecule has 1 saturated heterocycles. The summed E-state index contributed by atoms with van der Waals surface area (Å²) < 4.78 is 39.8. The number of rotatable bonds is 6. The number of carbonyl (C=O) groups excluding carboxylic acids is 5. The van der Waals surface area contributed by atoms with Crippen LogP contribution in [0, 0.1) is 5.92 Å². The van der Waals surface area contributed by atoms with Crippen LogP contribution in [0.15, 0.2) is 36.4 Å². The SMILES string of the molecule is CN(C)S(=O)(=O)NC(=O)[C@@]12C[C@H]1C=CCCCCC[C@H](NC(=O)OC1CCCC1)C(=O)N1C[C@H](OC(=O)N3CCc4ccccc4C3)C[C@H]1C(=O)N2. The summed E-state index contributed by atoms with van der Waals surface area (Å²) in [6.45, 7) is 0.707. The Bertz CT molecular complexity index is 1680. The third-order valence-corrected chi connectivity index (χ3v) is 12.3. The molecule has 3 heterocycles. The van der Waals surface area contributed by atoms with Gasteiger partial charge in [0.15, 0.2) is 0 Å². The van der Waals surface area contributed by atoms with Crippen LogP contribution in [0.25, 0.3) is 0 Å². The van der Waals surface area contributed by atoms with Gasteiger partial charge in [0.1, 0.15) is 29.8 Å². The van der Waals surface area contributed by atoms with Gasteiger partial charge in [-0.1, -0.05) is 49.3 Å². The van der Waals surface area contributed by atoms with Crippen LogP contribution in [0.2, 0.25) is 0 Å². The van der Waals surface area contributed by atoms with Crippen LogP contribution in [0.3, 0.4) is 0 Å². The van der Waals surface area contributed by atoms with E-state index in [1.165, 1.54) is 19.0 Å². The Kier molecular flexibility index (Phi) is 11.4. The molecule has 0 aromatic heterocycles. The number of ether oxygens (including phenoxy) is 2. The van der Waals surface area contributed by atoms with Crippen molar-refractivity contribution < 1.29 is 41.9 Å². The molecule has 52 heavy (non-hydrogen) atoms. The van der Waals surface area contributed by atoms with E-state index in [1.54, 1.807) is 4.90 Å². The van der Waals surface area contributed by atoms with Crippen LogP contribution in [0.1, 0.15) is 81.8 Å². The molecule has 2 aliphatic carbocycles. The molecule has 284 valence electrons. The summed E-state index contributed by atoms with van der Waals surface area (Å²) in [6.07, 6.45) is 8.76. The lowest BCUT2D eigenvalue weighted by Gasteiger charge is -2.30. The molecule has 5 atom stereocenters. The van der Waals surface area contributed by atoms with E-state index in [4.69, 9.17) is 9.47 Å². The van der Waals surface area contributed by atoms with Gasteiger partial charge in [0.25, 0.3) is 5.91 Å². The van der Waals surface area contributed by atoms with Crippen LogP contribution in [-0.4, -0.2) is 109 Å². The number of nitrogens with one attached hydrogen (secondary N) is 3. The number of alkyl carbamates (subject to hydrolysis) is 1. The van der Waals surface area contributed by atoms with Gasteiger partial charge in [-0.3, -0.25) is 14.4 Å². The van der Waals surface area contributed by atoms with Crippen molar-refractivity contribution in [3.8, 4) is 0 Å². The Morgan fingerprint density at radius 3 is 2.44 bits per heavy atom. The summed E-state index contributed by atoms with van der Waals surface area (Å²) in [5, 5.41) is 5.56. The number of amides is 5. The summed E-state index contributed by atoms with van der Waals surface area (Å²) in [4.78, 5) is 71.6. The molecule has 3 fully saturated rings. The van der Waals surface area contributed by atoms with E-state index in [9.17, 15) is 32.4 Å². The third-order valence-electron chi connectivity index (χ3n) is 10.9. The summed E-state index contributed by atoms with van der Waals surface area (Å²) in [6, 6.07) is 5.69. The van der Waals surface area contributed by atoms with Gasteiger partial charge >= 0.3 is 22.4 Å². The van der Waals surface area contributed by atoms with E-state index in [0.717, 1.165) is 54.0 Å². The largest absolute Gasteiger partial charge is 0.446 e. The Morgan fingerprint density at radius 2 is 1.69 bits per heavy atom. The lowest BCUT2D eigenvalue weighted by molar-refractivity contribution is -0.141. The highest BCUT2D eigenvalue weighted by Gasteiger charge is 2.62. The van der Waals surface area contributed by atoms with Gasteiger partial charge in [0.2, 0.25) is 11.8 Å². The number of carbonyl (C=O) groups is 5. The fraction of sp³-hybridized carbons (Fsp3) is 0.639. The van der Waals surface area contributed by atoms with Crippen molar-refractivity contribution in [2.75, 3.05) is 27.2 Å². The van der Waals surface area contributed by atoms with E-state index < -0.39 is 69.8 Å². The molecule has 1 aromatic carbocycles. The predicted molar refractivity (Wildman–Crippen MR) is 189 cm³/mol. The molecule has 5 amide bonds. The predicted octanol–water partition coefficient (Wildman–Crippen LogP) is 2.51. The van der Waals surface area contributed by atoms with Crippen LogP contribution < -0.4 is 15.4 Å². The molecule has 0 radical (unpaired) electrons. The van der Waals surface area contributed by atoms with Gasteiger partial charge in [0.05, 0.1) is 6.54 Å². The highest BCUT2D eigenvalue weighted by molar-refractivity contribution is 7.87. The zero-order valence-corrected chi connectivity index (χ0v) is 30.7. The lowest BCUT2D eigenvalue weighted by atomic mass is 10.0. The van der Waals surface area contributed by atoms with Crippen molar-refractivity contribution in [2.24, 2.45) is 5.92 Å². The molecule has 5 aliphatic rings. The first-order valence-corrected chi connectivity index (χ1v) is 19.8. The number of hydrogen-bond acceptors (Lipinski definition) is 9. The zero-order chi connectivity index (χ0) is 37.0. The Morgan fingerprint density at radius 1 is 0.962 bits per heavy atom. The van der Waals surface area contributed by atoms with E-state index in [1.807, 2.05) is 36.4 Å². The Labute approximate surface area is 305 Å². The summed E-state index contributed by atoms with van der Waals surface area (Å²) >= 11 is 0. The second-order valence-electron chi connectivity index (χ2n) is 14.8. The minimum absolute atomic E-state index is 0.0544. The van der Waals surface area contributed by atoms with Crippen molar-refractivity contribution >= 4 is 40.1 Å². The first-order valence-electron chi connectivity index (χ1n) is 18.4. The zero-order valence-electron chi connectivity index (χ0n) is 29.9. The quantitative estimate of drug-likeness (QED) is 0.369. The Hall–Kier alpha value is -4.18. The molecule has 0 unspecified atom stereocenters. The molecule has 1 aromatic rings. The molecule has 6 rings (SSSR count). The minimum atomic E-state index is -4.17. The average molecular weight is 743 g/mol. The maximum Gasteiger partial charge on any atom is 0.410 e. The normalized spacial score (nSPS) is 28.4. The molecule has 0 bridgehead atoms. The first kappa shape index (κ1) is 37.6. The first-order chi connectivity index (χ1) is 24.9. The number of benzene rings is 1. The maximum atomic E-state index is 14.4. The van der Waals surface area contributed by atoms with Crippen molar-refractivity contribution in [1.29, 1.82) is 0 Å². The number of fused-ring (bicyclic) bond motifs is 3. The maximum absolute atomic E-state index is 14.4. The second-order valence-corrected chi connectivity index (χ2v) is 16.6. The van der Waals surface area contributed by atoms with Crippen molar-refractivity contribution in [1.82, 2.24) is 29.5 Å². The third kappa shape index (κ3) is 8.54. The molecule has 3 N–H and O–H groups in total. The fourth-order valence-electron chi connectivity index (χ4n) is 7.67. The van der Waals surface area contributed by atoms with Crippen LogP contribution in [0.4, 0.5) is 9.59 Å². The van der Waals surface area contributed by atoms with Crippen LogP contribution in [0.5, 0.6) is 0 Å². The highest BCUT2D eigenvalue weighted by atomic mass is 32.2. The van der Waals surface area contributed by atoms with Crippen LogP contribution in [-0.2, 0) is 47.0 Å². The topological polar surface area (TPSA) is 184 Å². The lowest BCUT2D eigenvalue weighted by Crippen LogP contribution is -2.58. The minimum Gasteiger partial charge on any atom is -0.446 e. The smallest absolute Gasteiger partial charge is 0.410 e. The Balaban J connectivity index is 1.24.